The summed E-state index contributed by atoms with van der Waals surface area (Å²) in [5.74, 6) is -2.23. The Kier molecular flexibility index (Phi) is 13.0. The van der Waals surface area contributed by atoms with Gasteiger partial charge in [0, 0.05) is 60.4 Å². The molecule has 0 bridgehead atoms. The lowest BCUT2D eigenvalue weighted by atomic mass is 9.85. The van der Waals surface area contributed by atoms with Crippen LogP contribution in [0.5, 0.6) is 17.2 Å². The van der Waals surface area contributed by atoms with Crippen LogP contribution >= 0.6 is 0 Å². The molecule has 380 valence electrons. The van der Waals surface area contributed by atoms with Crippen LogP contribution in [0, 0.1) is 11.8 Å². The number of aromatic hydroxyl groups is 3. The average Bonchev–Trinajstić information content (AvgIpc) is 3.99. The van der Waals surface area contributed by atoms with E-state index in [2.05, 4.69) is 20.4 Å². The van der Waals surface area contributed by atoms with Crippen LogP contribution in [0.2, 0.25) is 0 Å². The molecule has 2 amide bonds. The zero-order valence-electron chi connectivity index (χ0n) is 41.7. The number of likely N-dealkylation sites (tertiary alicyclic amines) is 2. The van der Waals surface area contributed by atoms with Crippen molar-refractivity contribution in [1.29, 1.82) is 0 Å². The quantitative estimate of drug-likeness (QED) is 0.0948. The Balaban J connectivity index is 0.774. The molecule has 1 atom stereocenters. The lowest BCUT2D eigenvalue weighted by Gasteiger charge is -2.39. The number of carbonyl (C=O) groups is 4. The summed E-state index contributed by atoms with van der Waals surface area (Å²) in [5, 5.41) is 43.8. The molecular weight excluding hydrogens is 933 g/mol. The smallest absolute Gasteiger partial charge is 0.355 e. The number of nitrogens with one attached hydrogen (secondary N) is 1. The first-order valence-corrected chi connectivity index (χ1v) is 25.4. The van der Waals surface area contributed by atoms with Crippen LogP contribution in [0.4, 0.5) is 0 Å². The van der Waals surface area contributed by atoms with Gasteiger partial charge in [-0.25, -0.2) is 9.78 Å². The first-order valence-electron chi connectivity index (χ1n) is 25.4. The summed E-state index contributed by atoms with van der Waals surface area (Å²) in [6, 6.07) is 17.4. The molecule has 6 aromatic rings. The normalized spacial score (nSPS) is 18.1. The number of phenols is 3. The Labute approximate surface area is 421 Å². The van der Waals surface area contributed by atoms with Crippen LogP contribution in [-0.4, -0.2) is 106 Å². The minimum absolute atomic E-state index is 0.0350. The second-order valence-corrected chi connectivity index (χ2v) is 19.9. The number of hydrogen-bond donors (Lipinski definition) is 4. The van der Waals surface area contributed by atoms with E-state index in [0.717, 1.165) is 22.1 Å². The number of cyclic esters (lactones) is 1. The van der Waals surface area contributed by atoms with E-state index in [0.29, 0.717) is 111 Å². The molecule has 0 radical (unpaired) electrons. The number of aryl methyl sites for hydroxylation is 1. The van der Waals surface area contributed by atoms with Crippen LogP contribution in [-0.2, 0) is 55.6 Å². The number of ether oxygens (including phenoxy) is 2. The van der Waals surface area contributed by atoms with E-state index in [4.69, 9.17) is 14.5 Å². The molecule has 7 heterocycles. The van der Waals surface area contributed by atoms with E-state index in [9.17, 15) is 39.3 Å². The van der Waals surface area contributed by atoms with E-state index >= 15 is 0 Å². The van der Waals surface area contributed by atoms with Gasteiger partial charge in [0.15, 0.2) is 5.82 Å². The Morgan fingerprint density at radius 2 is 1.59 bits per heavy atom. The van der Waals surface area contributed by atoms with E-state index in [-0.39, 0.29) is 77.3 Å². The predicted octanol–water partition coefficient (Wildman–Crippen LogP) is 6.58. The fourth-order valence-electron chi connectivity index (χ4n) is 11.2. The number of esters is 2. The summed E-state index contributed by atoms with van der Waals surface area (Å²) in [7, 11) is 0. The molecule has 3 aromatic heterocycles. The second kappa shape index (κ2) is 19.4. The molecule has 0 aliphatic carbocycles. The second-order valence-electron chi connectivity index (χ2n) is 19.9. The highest BCUT2D eigenvalue weighted by Crippen LogP contribution is 2.44. The van der Waals surface area contributed by atoms with E-state index in [1.54, 1.807) is 46.4 Å². The van der Waals surface area contributed by atoms with Crippen molar-refractivity contribution < 1.29 is 44.0 Å². The number of fused-ring (bicyclic) bond motifs is 5. The molecule has 2 fully saturated rings. The van der Waals surface area contributed by atoms with Crippen LogP contribution in [0.1, 0.15) is 117 Å². The molecular formula is C55H60N8O10. The van der Waals surface area contributed by atoms with Gasteiger partial charge in [-0.1, -0.05) is 39.8 Å². The molecule has 3 aromatic carbocycles. The number of hydrogen-bond acceptors (Lipinski definition) is 14. The lowest BCUT2D eigenvalue weighted by molar-refractivity contribution is -0.193. The zero-order chi connectivity index (χ0) is 51.5. The minimum Gasteiger partial charge on any atom is -0.508 e. The number of carbonyl (C=O) groups excluding carboxylic acids is 4. The third-order valence-electron chi connectivity index (χ3n) is 15.3. The van der Waals surface area contributed by atoms with Gasteiger partial charge in [-0.2, -0.15) is 0 Å². The standard InChI is InChI=1S/C55H60N8O10/c1-6-36-38-23-35(64)13-14-43(38)57-47-40(36)28-62-44(47)25-42-41(52(62)69)29-72-54(71)55(42,7-2)73-53(70)33-17-21-61(22-18-33)51(68)32-15-19-60(20-16-32)27-31-9-11-34(12-10-31)63-48(58-59-49(63)50(67)56-8-3)39-24-37(30(4)5)45(65)26-46(39)66/h9-14,23-26,30,32-33,64-66H,6-8,15-22,27-29H2,1-5H3,(H,56,67). The van der Waals surface area contributed by atoms with Gasteiger partial charge >= 0.3 is 11.9 Å². The SMILES string of the molecule is CCNC(=O)c1nnc(-c2cc(C(C)C)c(O)cc2O)n1-c1ccc(CN2CCC(C(=O)N3CCC(C(=O)OC4(CC)C(=O)OCc5c4cc4n(c5=O)Cc5c-4nc4ccc(O)cc4c5CC)CC3)CC2)cc1. The topological polar surface area (TPSA) is 232 Å². The molecule has 0 saturated carbocycles. The number of pyridine rings is 2. The van der Waals surface area contributed by atoms with E-state index < -0.39 is 29.4 Å². The van der Waals surface area contributed by atoms with Gasteiger partial charge in [-0.15, -0.1) is 10.2 Å². The van der Waals surface area contributed by atoms with Crippen LogP contribution in [0.15, 0.2) is 65.5 Å². The molecule has 0 spiro atoms. The largest absolute Gasteiger partial charge is 0.508 e. The highest BCUT2D eigenvalue weighted by Gasteiger charge is 2.51. The first kappa shape index (κ1) is 49.0. The van der Waals surface area contributed by atoms with Gasteiger partial charge in [-0.3, -0.25) is 28.6 Å². The van der Waals surface area contributed by atoms with E-state index in [1.165, 1.54) is 6.07 Å². The molecule has 1 unspecified atom stereocenters. The van der Waals surface area contributed by atoms with Crippen molar-refractivity contribution in [3.63, 3.8) is 0 Å². The third-order valence-corrected chi connectivity index (χ3v) is 15.3. The minimum atomic E-state index is -1.84. The lowest BCUT2D eigenvalue weighted by Crippen LogP contribution is -2.50. The molecule has 73 heavy (non-hydrogen) atoms. The Morgan fingerprint density at radius 3 is 2.27 bits per heavy atom. The number of rotatable bonds is 12. The molecule has 10 rings (SSSR count). The van der Waals surface area contributed by atoms with Crippen molar-refractivity contribution >= 4 is 34.7 Å². The fourth-order valence-corrected chi connectivity index (χ4v) is 11.2. The van der Waals surface area contributed by atoms with Gasteiger partial charge in [0.05, 0.1) is 40.5 Å². The van der Waals surface area contributed by atoms with Gasteiger partial charge in [0.2, 0.25) is 17.3 Å². The van der Waals surface area contributed by atoms with E-state index in [1.807, 2.05) is 56.9 Å². The number of piperidine rings is 2. The number of amides is 2. The van der Waals surface area contributed by atoms with Crippen LogP contribution in [0.3, 0.4) is 0 Å². The van der Waals surface area contributed by atoms with Gasteiger partial charge in [-0.05, 0) is 124 Å². The van der Waals surface area contributed by atoms with Crippen molar-refractivity contribution in [2.24, 2.45) is 11.8 Å². The number of nitrogens with zero attached hydrogens (tertiary/aromatic N) is 7. The zero-order valence-corrected chi connectivity index (χ0v) is 41.7. The maximum Gasteiger partial charge on any atom is 0.355 e. The van der Waals surface area contributed by atoms with Gasteiger partial charge < -0.3 is 39.6 Å². The maximum atomic E-state index is 14.2. The molecule has 4 aliphatic heterocycles. The predicted molar refractivity (Wildman–Crippen MR) is 269 cm³/mol. The molecule has 4 aliphatic rings. The van der Waals surface area contributed by atoms with Crippen LogP contribution in [0.25, 0.3) is 39.4 Å². The highest BCUT2D eigenvalue weighted by molar-refractivity contribution is 5.93. The molecule has 4 N–H and O–H groups in total. The summed E-state index contributed by atoms with van der Waals surface area (Å²) < 4.78 is 15.1. The fraction of sp³-hybridized carbons (Fsp3) is 0.418. The summed E-state index contributed by atoms with van der Waals surface area (Å²) in [4.78, 5) is 78.3. The maximum absolute atomic E-state index is 14.2. The Morgan fingerprint density at radius 1 is 0.863 bits per heavy atom. The van der Waals surface area contributed by atoms with Gasteiger partial charge in [0.25, 0.3) is 11.5 Å². The monoisotopic (exact) mass is 992 g/mol. The van der Waals surface area contributed by atoms with Gasteiger partial charge in [0.1, 0.15) is 23.9 Å². The van der Waals surface area contributed by atoms with Crippen molar-refractivity contribution in [3.05, 3.63) is 110 Å². The summed E-state index contributed by atoms with van der Waals surface area (Å²) in [5.41, 5.74) is 4.64. The Hall–Kier alpha value is -7.60. The average molecular weight is 993 g/mol. The van der Waals surface area contributed by atoms with Crippen LogP contribution < -0.4 is 10.9 Å². The third kappa shape index (κ3) is 8.64. The van der Waals surface area contributed by atoms with Crippen molar-refractivity contribution in [2.75, 3.05) is 32.7 Å². The summed E-state index contributed by atoms with van der Waals surface area (Å²) in [6.45, 7) is 12.6. The number of benzene rings is 3. The molecule has 2 saturated heterocycles. The molecule has 18 heteroatoms. The summed E-state index contributed by atoms with van der Waals surface area (Å²) in [6.07, 6.45) is 2.78. The highest BCUT2D eigenvalue weighted by atomic mass is 16.6. The number of aromatic nitrogens is 5. The van der Waals surface area contributed by atoms with Crippen molar-refractivity contribution in [1.82, 2.24) is 39.4 Å². The number of phenolic OH excluding ortho intramolecular Hbond substituents is 3. The first-order chi connectivity index (χ1) is 35.1. The molecule has 18 nitrogen and oxygen atoms in total. The summed E-state index contributed by atoms with van der Waals surface area (Å²) >= 11 is 0. The van der Waals surface area contributed by atoms with Crippen molar-refractivity contribution in [2.45, 2.75) is 104 Å². The Bertz CT molecular complexity index is 3260. The van der Waals surface area contributed by atoms with Crippen molar-refractivity contribution in [3.8, 4) is 45.7 Å².